The molecule has 1 fully saturated rings. The lowest BCUT2D eigenvalue weighted by Gasteiger charge is -2.46. The van der Waals surface area contributed by atoms with Crippen molar-refractivity contribution in [2.45, 2.75) is 61.2 Å². The van der Waals surface area contributed by atoms with E-state index in [1.807, 2.05) is 97.1 Å². The number of thioether (sulfide) groups is 1. The molecule has 2 unspecified atom stereocenters. The van der Waals surface area contributed by atoms with Gasteiger partial charge in [0.15, 0.2) is 0 Å². The summed E-state index contributed by atoms with van der Waals surface area (Å²) in [6.07, 6.45) is -1.83. The average molecular weight is 663 g/mol. The van der Waals surface area contributed by atoms with Gasteiger partial charge in [0.1, 0.15) is 35.6 Å². The van der Waals surface area contributed by atoms with Crippen molar-refractivity contribution in [3.8, 4) is 5.75 Å². The Labute approximate surface area is 287 Å². The van der Waals surface area contributed by atoms with Crippen molar-refractivity contribution in [2.75, 3.05) is 13.7 Å². The molecule has 6 nitrogen and oxygen atoms in total. The van der Waals surface area contributed by atoms with Gasteiger partial charge in [0.2, 0.25) is 0 Å². The summed E-state index contributed by atoms with van der Waals surface area (Å²) in [5.41, 5.74) is 3.87. The first-order valence-electron chi connectivity index (χ1n) is 16.3. The van der Waals surface area contributed by atoms with E-state index >= 15 is 0 Å². The Bertz CT molecular complexity index is 1610. The molecule has 48 heavy (non-hydrogen) atoms. The molecule has 1 aliphatic rings. The van der Waals surface area contributed by atoms with Crippen molar-refractivity contribution in [3.63, 3.8) is 0 Å². The molecule has 248 valence electrons. The summed E-state index contributed by atoms with van der Waals surface area (Å²) >= 11 is 1.63. The third-order valence-corrected chi connectivity index (χ3v) is 9.31. The van der Waals surface area contributed by atoms with Gasteiger partial charge in [-0.05, 0) is 46.5 Å². The van der Waals surface area contributed by atoms with Gasteiger partial charge in [0, 0.05) is 4.90 Å². The summed E-state index contributed by atoms with van der Waals surface area (Å²) in [5, 5.41) is 0. The number of hydrogen-bond donors (Lipinski definition) is 0. The summed E-state index contributed by atoms with van der Waals surface area (Å²) in [6, 6.07) is 48.8. The van der Waals surface area contributed by atoms with Crippen molar-refractivity contribution in [3.05, 3.63) is 168 Å². The molecule has 0 aromatic heterocycles. The summed E-state index contributed by atoms with van der Waals surface area (Å²) in [6.45, 7) is 1.96. The van der Waals surface area contributed by atoms with Gasteiger partial charge < -0.3 is 28.4 Å². The first-order chi connectivity index (χ1) is 23.7. The molecule has 5 atom stereocenters. The van der Waals surface area contributed by atoms with E-state index < -0.39 is 24.4 Å². The van der Waals surface area contributed by atoms with Crippen LogP contribution in [0.2, 0.25) is 0 Å². The number of benzene rings is 5. The van der Waals surface area contributed by atoms with Crippen LogP contribution in [0.1, 0.15) is 22.3 Å². The molecule has 0 saturated carbocycles. The van der Waals surface area contributed by atoms with Crippen molar-refractivity contribution >= 4 is 11.8 Å². The van der Waals surface area contributed by atoms with Gasteiger partial charge in [0.05, 0.1) is 40.1 Å². The summed E-state index contributed by atoms with van der Waals surface area (Å²) in [7, 11) is 1.67. The van der Waals surface area contributed by atoms with E-state index in [4.69, 9.17) is 28.4 Å². The minimum atomic E-state index is -0.479. The van der Waals surface area contributed by atoms with Gasteiger partial charge in [-0.3, -0.25) is 0 Å². The predicted octanol–water partition coefficient (Wildman–Crippen LogP) is 8.49. The number of rotatable bonds is 16. The Morgan fingerprint density at radius 1 is 0.500 bits per heavy atom. The molecular formula is C41H42O6S. The second-order valence-corrected chi connectivity index (χ2v) is 12.8. The zero-order valence-electron chi connectivity index (χ0n) is 27.1. The maximum atomic E-state index is 6.93. The molecule has 0 N–H and O–H groups in total. The van der Waals surface area contributed by atoms with Crippen LogP contribution < -0.4 is 4.74 Å². The van der Waals surface area contributed by atoms with Crippen LogP contribution in [-0.2, 0) is 50.1 Å². The van der Waals surface area contributed by atoms with Gasteiger partial charge in [-0.1, -0.05) is 133 Å². The third-order valence-electron chi connectivity index (χ3n) is 8.15. The second kappa shape index (κ2) is 18.0. The minimum absolute atomic E-state index is 0.327. The number of methoxy groups -OCH3 is 1. The van der Waals surface area contributed by atoms with E-state index in [1.165, 1.54) is 0 Å². The predicted molar refractivity (Wildman–Crippen MR) is 189 cm³/mol. The minimum Gasteiger partial charge on any atom is -0.497 e. The molecule has 0 amide bonds. The molecule has 1 heterocycles. The molecule has 0 spiro atoms. The Morgan fingerprint density at radius 3 is 1.50 bits per heavy atom. The molecule has 1 aliphatic heterocycles. The molecule has 5 aromatic carbocycles. The second-order valence-electron chi connectivity index (χ2n) is 11.6. The Hall–Kier alpha value is -3.95. The van der Waals surface area contributed by atoms with Crippen LogP contribution >= 0.6 is 11.8 Å². The summed E-state index contributed by atoms with van der Waals surface area (Å²) < 4.78 is 39.1. The standard InChI is InChI=1S/C41H42O6S/c1-42-35-24-22-34(23-25-35)29-45-39-38(44-27-32-16-8-3-9-17-32)37(30-43-26-31-14-6-2-7-15-31)47-41(48-36-20-12-5-13-21-36)40(39)46-28-33-18-10-4-11-19-33/h2-25,37-41H,26-30H2,1H3/t37?,38-,39+,40?,41+/m1/s1. The molecule has 0 bridgehead atoms. The fourth-order valence-corrected chi connectivity index (χ4v) is 6.77. The largest absolute Gasteiger partial charge is 0.497 e. The molecule has 6 rings (SSSR count). The first kappa shape index (κ1) is 33.9. The smallest absolute Gasteiger partial charge is 0.137 e. The van der Waals surface area contributed by atoms with Crippen molar-refractivity contribution in [1.29, 1.82) is 0 Å². The lowest BCUT2D eigenvalue weighted by Crippen LogP contribution is -2.60. The van der Waals surface area contributed by atoms with E-state index in [1.54, 1.807) is 18.9 Å². The van der Waals surface area contributed by atoms with Gasteiger partial charge in [-0.15, -0.1) is 0 Å². The van der Waals surface area contributed by atoms with Crippen molar-refractivity contribution in [2.24, 2.45) is 0 Å². The summed E-state index contributed by atoms with van der Waals surface area (Å²) in [4.78, 5) is 1.08. The van der Waals surface area contributed by atoms with E-state index in [0.717, 1.165) is 32.9 Å². The number of hydrogen-bond acceptors (Lipinski definition) is 7. The molecule has 0 aliphatic carbocycles. The first-order valence-corrected chi connectivity index (χ1v) is 17.2. The fraction of sp³-hybridized carbons (Fsp3) is 0.268. The SMILES string of the molecule is COc1ccc(CO[C@@H]2C(OCc3ccccc3)[C@H](Sc3ccccc3)OC(COCc3ccccc3)[C@H]2OCc2ccccc2)cc1. The Morgan fingerprint density at radius 2 is 0.958 bits per heavy atom. The normalized spacial score (nSPS) is 20.7. The average Bonchev–Trinajstić information content (AvgIpc) is 3.15. The maximum absolute atomic E-state index is 6.93. The lowest BCUT2D eigenvalue weighted by molar-refractivity contribution is -0.254. The molecule has 0 radical (unpaired) electrons. The van der Waals surface area contributed by atoms with E-state index in [-0.39, 0.29) is 5.44 Å². The van der Waals surface area contributed by atoms with Crippen LogP contribution in [0.3, 0.4) is 0 Å². The maximum Gasteiger partial charge on any atom is 0.137 e. The Balaban J connectivity index is 1.31. The van der Waals surface area contributed by atoms with Gasteiger partial charge in [0.25, 0.3) is 0 Å². The van der Waals surface area contributed by atoms with Gasteiger partial charge in [-0.25, -0.2) is 0 Å². The van der Waals surface area contributed by atoms with Gasteiger partial charge >= 0.3 is 0 Å². The quantitative estimate of drug-likeness (QED) is 0.105. The summed E-state index contributed by atoms with van der Waals surface area (Å²) in [5.74, 6) is 0.799. The zero-order chi connectivity index (χ0) is 32.8. The monoisotopic (exact) mass is 662 g/mol. The van der Waals surface area contributed by atoms with Crippen molar-refractivity contribution < 1.29 is 28.4 Å². The van der Waals surface area contributed by atoms with Crippen LogP contribution in [0.15, 0.2) is 150 Å². The zero-order valence-corrected chi connectivity index (χ0v) is 28.0. The highest BCUT2D eigenvalue weighted by Crippen LogP contribution is 2.38. The lowest BCUT2D eigenvalue weighted by atomic mass is 9.98. The van der Waals surface area contributed by atoms with E-state index in [0.29, 0.717) is 33.0 Å². The van der Waals surface area contributed by atoms with E-state index in [9.17, 15) is 0 Å². The highest BCUT2D eigenvalue weighted by atomic mass is 32.2. The third kappa shape index (κ3) is 9.80. The molecule has 1 saturated heterocycles. The molecular weight excluding hydrogens is 621 g/mol. The van der Waals surface area contributed by atoms with Crippen LogP contribution in [-0.4, -0.2) is 43.6 Å². The highest BCUT2D eigenvalue weighted by molar-refractivity contribution is 7.99. The highest BCUT2D eigenvalue weighted by Gasteiger charge is 2.49. The van der Waals surface area contributed by atoms with E-state index in [2.05, 4.69) is 48.5 Å². The number of ether oxygens (including phenoxy) is 6. The topological polar surface area (TPSA) is 55.4 Å². The van der Waals surface area contributed by atoms with Crippen LogP contribution in [0.25, 0.3) is 0 Å². The molecule has 5 aromatic rings. The Kier molecular flexibility index (Phi) is 12.7. The van der Waals surface area contributed by atoms with Crippen LogP contribution in [0.5, 0.6) is 5.75 Å². The van der Waals surface area contributed by atoms with Crippen molar-refractivity contribution in [1.82, 2.24) is 0 Å². The van der Waals surface area contributed by atoms with Crippen LogP contribution in [0, 0.1) is 0 Å². The fourth-order valence-electron chi connectivity index (χ4n) is 5.62. The molecule has 7 heteroatoms. The van der Waals surface area contributed by atoms with Gasteiger partial charge in [-0.2, -0.15) is 0 Å². The van der Waals surface area contributed by atoms with Crippen LogP contribution in [0.4, 0.5) is 0 Å².